The molecule has 0 aliphatic heterocycles. The molecule has 0 aliphatic carbocycles. The Morgan fingerprint density at radius 2 is 2.00 bits per heavy atom. The predicted octanol–water partition coefficient (Wildman–Crippen LogP) is 4.17. The Bertz CT molecular complexity index is 579. The van der Waals surface area contributed by atoms with E-state index in [1.54, 1.807) is 12.1 Å². The van der Waals surface area contributed by atoms with E-state index in [0.717, 1.165) is 12.0 Å². The molecular weight excluding hydrogens is 253 g/mol. The second-order valence-electron chi connectivity index (χ2n) is 4.72. The van der Waals surface area contributed by atoms with Crippen molar-refractivity contribution in [2.75, 3.05) is 14.2 Å². The number of hydrogen-bond acceptors (Lipinski definition) is 2. The normalized spacial score (nSPS) is 12.2. The highest BCUT2D eigenvalue weighted by atomic mass is 19.1. The third-order valence-corrected chi connectivity index (χ3v) is 3.53. The van der Waals surface area contributed by atoms with Crippen LogP contribution in [0, 0.1) is 5.82 Å². The molecule has 2 nitrogen and oxygen atoms in total. The van der Waals surface area contributed by atoms with Gasteiger partial charge in [-0.3, -0.25) is 0 Å². The van der Waals surface area contributed by atoms with Crippen molar-refractivity contribution in [2.24, 2.45) is 0 Å². The molecule has 106 valence electrons. The topological polar surface area (TPSA) is 21.3 Å². The first-order chi connectivity index (χ1) is 9.69. The molecule has 0 fully saturated rings. The van der Waals surface area contributed by atoms with Gasteiger partial charge >= 0.3 is 0 Å². The molecule has 3 heteroatoms. The Morgan fingerprint density at radius 1 is 1.20 bits per heavy atom. The van der Waals surface area contributed by atoms with Gasteiger partial charge in [0, 0.05) is 17.7 Å². The lowest BCUT2D eigenvalue weighted by Gasteiger charge is -2.15. The number of ether oxygens (including phenoxy) is 1. The van der Waals surface area contributed by atoms with Crippen LogP contribution in [0.2, 0.25) is 0 Å². The summed E-state index contributed by atoms with van der Waals surface area (Å²) in [5, 5.41) is 3.27. The van der Waals surface area contributed by atoms with E-state index in [-0.39, 0.29) is 11.9 Å². The molecule has 2 rings (SSSR count). The lowest BCUT2D eigenvalue weighted by Crippen LogP contribution is -2.15. The molecule has 0 spiro atoms. The van der Waals surface area contributed by atoms with Crippen molar-refractivity contribution in [2.45, 2.75) is 19.4 Å². The fourth-order valence-electron chi connectivity index (χ4n) is 2.39. The van der Waals surface area contributed by atoms with Gasteiger partial charge < -0.3 is 10.1 Å². The molecule has 20 heavy (non-hydrogen) atoms. The van der Waals surface area contributed by atoms with Crippen molar-refractivity contribution in [1.82, 2.24) is 5.32 Å². The zero-order valence-corrected chi connectivity index (χ0v) is 12.1. The quantitative estimate of drug-likeness (QED) is 0.882. The summed E-state index contributed by atoms with van der Waals surface area (Å²) in [6.45, 7) is 2.13. The molecule has 1 atom stereocenters. The molecular formula is C17H20FNO. The van der Waals surface area contributed by atoms with E-state index in [1.807, 2.05) is 25.2 Å². The molecule has 0 saturated heterocycles. The van der Waals surface area contributed by atoms with Crippen LogP contribution >= 0.6 is 0 Å². The molecule has 1 unspecified atom stereocenters. The molecule has 2 aromatic rings. The van der Waals surface area contributed by atoms with Crippen LogP contribution in [-0.4, -0.2) is 14.2 Å². The zero-order chi connectivity index (χ0) is 14.5. The standard InChI is InChI=1S/C17H20FNO/c1-4-17(19-2)13-7-5-6-12(10-13)15-9-8-14(20-3)11-16(15)18/h5-11,17,19H,4H2,1-3H3. The zero-order valence-electron chi connectivity index (χ0n) is 12.1. The number of methoxy groups -OCH3 is 1. The van der Waals surface area contributed by atoms with Gasteiger partial charge in [0.05, 0.1) is 7.11 Å². The molecule has 0 aliphatic rings. The number of rotatable bonds is 5. The summed E-state index contributed by atoms with van der Waals surface area (Å²) in [6, 6.07) is 13.2. The minimum absolute atomic E-state index is 0.265. The van der Waals surface area contributed by atoms with Gasteiger partial charge in [-0.05, 0) is 42.8 Å². The van der Waals surface area contributed by atoms with Crippen LogP contribution in [-0.2, 0) is 0 Å². The highest BCUT2D eigenvalue weighted by molar-refractivity contribution is 5.66. The molecule has 1 N–H and O–H groups in total. The van der Waals surface area contributed by atoms with Crippen LogP contribution in [0.3, 0.4) is 0 Å². The minimum atomic E-state index is -0.265. The van der Waals surface area contributed by atoms with Crippen molar-refractivity contribution >= 4 is 0 Å². The van der Waals surface area contributed by atoms with Gasteiger partial charge in [0.15, 0.2) is 0 Å². The Balaban J connectivity index is 2.40. The van der Waals surface area contributed by atoms with Gasteiger partial charge in [-0.2, -0.15) is 0 Å². The van der Waals surface area contributed by atoms with E-state index >= 15 is 0 Å². The molecule has 0 amide bonds. The predicted molar refractivity (Wildman–Crippen MR) is 80.5 cm³/mol. The number of benzene rings is 2. The molecule has 0 bridgehead atoms. The second-order valence-corrected chi connectivity index (χ2v) is 4.72. The van der Waals surface area contributed by atoms with Gasteiger partial charge in [-0.1, -0.05) is 25.1 Å². The van der Waals surface area contributed by atoms with Crippen LogP contribution < -0.4 is 10.1 Å². The third-order valence-electron chi connectivity index (χ3n) is 3.53. The van der Waals surface area contributed by atoms with Crippen LogP contribution in [0.4, 0.5) is 4.39 Å². The number of nitrogens with one attached hydrogen (secondary N) is 1. The average Bonchev–Trinajstić information content (AvgIpc) is 2.48. The first-order valence-electron chi connectivity index (χ1n) is 6.80. The second kappa shape index (κ2) is 6.53. The molecule has 0 heterocycles. The first-order valence-corrected chi connectivity index (χ1v) is 6.80. The Morgan fingerprint density at radius 3 is 2.60 bits per heavy atom. The van der Waals surface area contributed by atoms with Crippen LogP contribution in [0.5, 0.6) is 5.75 Å². The van der Waals surface area contributed by atoms with Crippen LogP contribution in [0.1, 0.15) is 24.9 Å². The summed E-state index contributed by atoms with van der Waals surface area (Å²) in [6.07, 6.45) is 0.991. The van der Waals surface area contributed by atoms with E-state index in [1.165, 1.54) is 18.7 Å². The van der Waals surface area contributed by atoms with Gasteiger partial charge in [0.1, 0.15) is 11.6 Å². The number of hydrogen-bond donors (Lipinski definition) is 1. The SMILES string of the molecule is CCC(NC)c1cccc(-c2ccc(OC)cc2F)c1. The summed E-state index contributed by atoms with van der Waals surface area (Å²) in [4.78, 5) is 0. The summed E-state index contributed by atoms with van der Waals surface area (Å²) in [7, 11) is 3.47. The van der Waals surface area contributed by atoms with Gasteiger partial charge in [0.25, 0.3) is 0 Å². The maximum atomic E-state index is 14.1. The first kappa shape index (κ1) is 14.5. The highest BCUT2D eigenvalue weighted by Crippen LogP contribution is 2.28. The fourth-order valence-corrected chi connectivity index (χ4v) is 2.39. The van der Waals surface area contributed by atoms with E-state index in [4.69, 9.17) is 4.74 Å². The summed E-state index contributed by atoms with van der Waals surface area (Å²) < 4.78 is 19.2. The summed E-state index contributed by atoms with van der Waals surface area (Å²) >= 11 is 0. The summed E-state index contributed by atoms with van der Waals surface area (Å²) in [5.74, 6) is 0.267. The maximum absolute atomic E-state index is 14.1. The van der Waals surface area contributed by atoms with Gasteiger partial charge in [-0.25, -0.2) is 4.39 Å². The van der Waals surface area contributed by atoms with Crippen LogP contribution in [0.15, 0.2) is 42.5 Å². The number of halogens is 1. The van der Waals surface area contributed by atoms with E-state index < -0.39 is 0 Å². The van der Waals surface area contributed by atoms with Crippen molar-refractivity contribution in [3.05, 3.63) is 53.8 Å². The van der Waals surface area contributed by atoms with E-state index in [2.05, 4.69) is 18.3 Å². The smallest absolute Gasteiger partial charge is 0.134 e. The van der Waals surface area contributed by atoms with Crippen molar-refractivity contribution in [1.29, 1.82) is 0 Å². The third kappa shape index (κ3) is 2.99. The average molecular weight is 273 g/mol. The molecule has 0 radical (unpaired) electrons. The van der Waals surface area contributed by atoms with Gasteiger partial charge in [0.2, 0.25) is 0 Å². The van der Waals surface area contributed by atoms with Crippen molar-refractivity contribution in [3.63, 3.8) is 0 Å². The van der Waals surface area contributed by atoms with Crippen LogP contribution in [0.25, 0.3) is 11.1 Å². The monoisotopic (exact) mass is 273 g/mol. The van der Waals surface area contributed by atoms with Crippen molar-refractivity contribution in [3.8, 4) is 16.9 Å². The Hall–Kier alpha value is -1.87. The molecule has 0 saturated carbocycles. The lowest BCUT2D eigenvalue weighted by atomic mass is 9.98. The molecule has 2 aromatic carbocycles. The largest absolute Gasteiger partial charge is 0.497 e. The fraction of sp³-hybridized carbons (Fsp3) is 0.294. The highest BCUT2D eigenvalue weighted by Gasteiger charge is 2.10. The van der Waals surface area contributed by atoms with Gasteiger partial charge in [-0.15, -0.1) is 0 Å². The van der Waals surface area contributed by atoms with E-state index in [9.17, 15) is 4.39 Å². The minimum Gasteiger partial charge on any atom is -0.497 e. The van der Waals surface area contributed by atoms with Crippen molar-refractivity contribution < 1.29 is 9.13 Å². The Kier molecular flexibility index (Phi) is 4.74. The summed E-state index contributed by atoms with van der Waals surface area (Å²) in [5.41, 5.74) is 2.65. The van der Waals surface area contributed by atoms with E-state index in [0.29, 0.717) is 11.3 Å². The Labute approximate surface area is 119 Å². The molecule has 0 aromatic heterocycles. The lowest BCUT2D eigenvalue weighted by molar-refractivity contribution is 0.411. The maximum Gasteiger partial charge on any atom is 0.134 e.